The number of aromatic nitrogens is 2. The molecule has 0 aliphatic carbocycles. The summed E-state index contributed by atoms with van der Waals surface area (Å²) in [7, 11) is 0. The van der Waals surface area contributed by atoms with Gasteiger partial charge in [-0.2, -0.15) is 18.3 Å². The van der Waals surface area contributed by atoms with E-state index in [1.807, 2.05) is 0 Å². The van der Waals surface area contributed by atoms with Crippen LogP contribution in [0, 0.1) is 6.07 Å². The van der Waals surface area contributed by atoms with Crippen LogP contribution in [0.5, 0.6) is 0 Å². The number of rotatable bonds is 2. The first-order chi connectivity index (χ1) is 5.53. The Bertz CT molecular complexity index is 256. The zero-order chi connectivity index (χ0) is 9.19. The lowest BCUT2D eigenvalue weighted by molar-refractivity contribution is -0.144. The van der Waals surface area contributed by atoms with E-state index in [0.29, 0.717) is 5.03 Å². The maximum Gasteiger partial charge on any atom is 0.408 e. The minimum Gasteiger partial charge on any atom is -0.249 e. The normalized spacial score (nSPS) is 12.0. The molecule has 0 saturated carbocycles. The topological polar surface area (TPSA) is 17.8 Å². The third kappa shape index (κ3) is 2.44. The van der Waals surface area contributed by atoms with Gasteiger partial charge in [-0.15, -0.1) is 11.8 Å². The second kappa shape index (κ2) is 3.38. The van der Waals surface area contributed by atoms with Crippen LogP contribution in [0.15, 0.2) is 11.2 Å². The quantitative estimate of drug-likeness (QED) is 0.671. The smallest absolute Gasteiger partial charge is 0.249 e. The molecule has 0 bridgehead atoms. The van der Waals surface area contributed by atoms with E-state index in [1.54, 1.807) is 6.26 Å². The monoisotopic (exact) mass is 195 g/mol. The van der Waals surface area contributed by atoms with Crippen molar-refractivity contribution in [2.24, 2.45) is 0 Å². The minimum absolute atomic E-state index is 0.396. The van der Waals surface area contributed by atoms with Gasteiger partial charge in [0.2, 0.25) is 0 Å². The van der Waals surface area contributed by atoms with E-state index in [-0.39, 0.29) is 0 Å². The van der Waals surface area contributed by atoms with Crippen molar-refractivity contribution in [3.8, 4) is 0 Å². The summed E-state index contributed by atoms with van der Waals surface area (Å²) in [4.78, 5) is 0. The highest BCUT2D eigenvalue weighted by atomic mass is 32.2. The van der Waals surface area contributed by atoms with Gasteiger partial charge in [0.25, 0.3) is 0 Å². The Hall–Kier alpha value is -0.650. The first-order valence-corrected chi connectivity index (χ1v) is 4.29. The number of halogens is 3. The Morgan fingerprint density at radius 2 is 2.33 bits per heavy atom. The summed E-state index contributed by atoms with van der Waals surface area (Å²) in [6.07, 6.45) is -1.30. The van der Waals surface area contributed by atoms with Gasteiger partial charge in [0.1, 0.15) is 11.6 Å². The van der Waals surface area contributed by atoms with Crippen LogP contribution in [0.2, 0.25) is 0 Å². The van der Waals surface area contributed by atoms with E-state index in [9.17, 15) is 13.2 Å². The molecule has 0 aliphatic heterocycles. The summed E-state index contributed by atoms with van der Waals surface area (Å²) in [5.41, 5.74) is 0. The molecule has 67 valence electrons. The van der Waals surface area contributed by atoms with E-state index in [2.05, 4.69) is 11.2 Å². The number of thioether (sulfide) groups is 1. The van der Waals surface area contributed by atoms with Crippen molar-refractivity contribution in [2.75, 3.05) is 6.26 Å². The molecule has 0 unspecified atom stereocenters. The van der Waals surface area contributed by atoms with Gasteiger partial charge in [-0.3, -0.25) is 0 Å². The Kier molecular flexibility index (Phi) is 2.66. The van der Waals surface area contributed by atoms with Crippen molar-refractivity contribution in [1.82, 2.24) is 9.78 Å². The molecule has 0 amide bonds. The van der Waals surface area contributed by atoms with Crippen LogP contribution in [-0.4, -0.2) is 22.2 Å². The van der Waals surface area contributed by atoms with Gasteiger partial charge < -0.3 is 0 Å². The molecular weight excluding hydrogens is 189 g/mol. The highest BCUT2D eigenvalue weighted by molar-refractivity contribution is 7.98. The first kappa shape index (κ1) is 9.44. The van der Waals surface area contributed by atoms with E-state index in [0.717, 1.165) is 4.68 Å². The Morgan fingerprint density at radius 1 is 1.67 bits per heavy atom. The van der Waals surface area contributed by atoms with Crippen LogP contribution in [0.25, 0.3) is 0 Å². The number of hydrogen-bond donors (Lipinski definition) is 0. The Morgan fingerprint density at radius 3 is 2.83 bits per heavy atom. The average molecular weight is 195 g/mol. The summed E-state index contributed by atoms with van der Waals surface area (Å²) in [5, 5.41) is 3.89. The summed E-state index contributed by atoms with van der Waals surface area (Å²) in [6, 6.07) is 2.59. The molecule has 1 aromatic rings. The summed E-state index contributed by atoms with van der Waals surface area (Å²) in [6.45, 7) is -1.05. The molecule has 1 rings (SSSR count). The van der Waals surface area contributed by atoms with Gasteiger partial charge in [-0.1, -0.05) is 0 Å². The summed E-state index contributed by atoms with van der Waals surface area (Å²) >= 11 is 1.19. The molecule has 0 saturated heterocycles. The maximum atomic E-state index is 11.9. The van der Waals surface area contributed by atoms with E-state index in [1.165, 1.54) is 18.0 Å². The highest BCUT2D eigenvalue weighted by Gasteiger charge is 2.29. The first-order valence-electron chi connectivity index (χ1n) is 3.07. The lowest BCUT2D eigenvalue weighted by Gasteiger charge is -2.07. The van der Waals surface area contributed by atoms with Crippen LogP contribution in [0.1, 0.15) is 0 Å². The van der Waals surface area contributed by atoms with E-state index < -0.39 is 12.7 Å². The van der Waals surface area contributed by atoms with E-state index in [4.69, 9.17) is 0 Å². The third-order valence-corrected chi connectivity index (χ3v) is 1.86. The second-order valence-electron chi connectivity index (χ2n) is 2.07. The van der Waals surface area contributed by atoms with Crippen molar-refractivity contribution in [2.45, 2.75) is 17.7 Å². The second-order valence-corrected chi connectivity index (χ2v) is 2.87. The molecule has 1 heterocycles. The maximum absolute atomic E-state index is 11.9. The van der Waals surface area contributed by atoms with Gasteiger partial charge in [0.05, 0.1) is 6.20 Å². The molecule has 0 aliphatic rings. The van der Waals surface area contributed by atoms with Crippen molar-refractivity contribution < 1.29 is 13.2 Å². The lowest BCUT2D eigenvalue weighted by atomic mass is 10.6. The van der Waals surface area contributed by atoms with Gasteiger partial charge >= 0.3 is 6.18 Å². The van der Waals surface area contributed by atoms with Gasteiger partial charge in [0.15, 0.2) is 0 Å². The number of hydrogen-bond acceptors (Lipinski definition) is 2. The fourth-order valence-electron chi connectivity index (χ4n) is 0.727. The molecule has 2 nitrogen and oxygen atoms in total. The van der Waals surface area contributed by atoms with Crippen LogP contribution in [0.3, 0.4) is 0 Å². The largest absolute Gasteiger partial charge is 0.408 e. The minimum atomic E-state index is -4.22. The predicted octanol–water partition coefficient (Wildman–Crippen LogP) is 1.97. The predicted molar refractivity (Wildman–Crippen MR) is 38.9 cm³/mol. The summed E-state index contributed by atoms with van der Waals surface area (Å²) in [5.74, 6) is 0. The number of alkyl halides is 3. The standard InChI is InChI=1S/C6H6F3N2S/c1-12-5-2-3-10-11(5)4-6(7,8)9/h3H,4H2,1H3. The van der Waals surface area contributed by atoms with Crippen LogP contribution < -0.4 is 0 Å². The average Bonchev–Trinajstić information content (AvgIpc) is 2.31. The fraction of sp³-hybridized carbons (Fsp3) is 0.500. The number of nitrogens with zero attached hydrogens (tertiary/aromatic N) is 2. The molecule has 1 aromatic heterocycles. The van der Waals surface area contributed by atoms with Gasteiger partial charge in [-0.05, 0) is 6.26 Å². The molecule has 6 heteroatoms. The van der Waals surface area contributed by atoms with Crippen molar-refractivity contribution >= 4 is 11.8 Å². The van der Waals surface area contributed by atoms with Crippen LogP contribution in [0.4, 0.5) is 13.2 Å². The van der Waals surface area contributed by atoms with Crippen molar-refractivity contribution in [3.63, 3.8) is 0 Å². The molecule has 0 fully saturated rings. The fourth-order valence-corrected chi connectivity index (χ4v) is 1.22. The Balaban J connectivity index is 2.75. The zero-order valence-electron chi connectivity index (χ0n) is 6.22. The van der Waals surface area contributed by atoms with Gasteiger partial charge in [0, 0.05) is 6.07 Å². The molecule has 0 spiro atoms. The van der Waals surface area contributed by atoms with Crippen molar-refractivity contribution in [1.29, 1.82) is 0 Å². The molecule has 0 aromatic carbocycles. The molecule has 0 atom stereocenters. The van der Waals surface area contributed by atoms with Crippen LogP contribution in [-0.2, 0) is 6.54 Å². The summed E-state index contributed by atoms with van der Waals surface area (Å²) < 4.78 is 36.4. The zero-order valence-corrected chi connectivity index (χ0v) is 7.04. The van der Waals surface area contributed by atoms with Gasteiger partial charge in [-0.25, -0.2) is 4.68 Å². The lowest BCUT2D eigenvalue weighted by Crippen LogP contribution is -2.19. The van der Waals surface area contributed by atoms with Crippen molar-refractivity contribution in [3.05, 3.63) is 12.3 Å². The Labute approximate surface area is 71.8 Å². The molecule has 12 heavy (non-hydrogen) atoms. The highest BCUT2D eigenvalue weighted by Crippen LogP contribution is 2.20. The molecular formula is C6H6F3N2S. The SMILES string of the molecule is CSc1[c]cnn1CC(F)(F)F. The van der Waals surface area contributed by atoms with E-state index >= 15 is 0 Å². The molecule has 0 N–H and O–H groups in total. The third-order valence-electron chi connectivity index (χ3n) is 1.14. The molecule has 1 radical (unpaired) electrons. The van der Waals surface area contributed by atoms with Crippen LogP contribution >= 0.6 is 11.8 Å².